The highest BCUT2D eigenvalue weighted by Crippen LogP contribution is 2.40. The second-order valence-electron chi connectivity index (χ2n) is 10.7. The molecule has 2 heterocycles. The minimum Gasteiger partial charge on any atom is -0.246 e. The minimum atomic E-state index is 0.930. The van der Waals surface area contributed by atoms with Crippen LogP contribution in [-0.2, 0) is 12.8 Å². The molecule has 7 rings (SSSR count). The van der Waals surface area contributed by atoms with Gasteiger partial charge in [-0.1, -0.05) is 120 Å². The first-order valence-corrected chi connectivity index (χ1v) is 14.0. The molecule has 0 fully saturated rings. The summed E-state index contributed by atoms with van der Waals surface area (Å²) < 4.78 is 0. The van der Waals surface area contributed by atoms with E-state index in [4.69, 9.17) is 9.97 Å². The quantitative estimate of drug-likeness (QED) is 0.234. The lowest BCUT2D eigenvalue weighted by molar-refractivity contribution is 0.918. The van der Waals surface area contributed by atoms with Gasteiger partial charge in [0.1, 0.15) is 0 Å². The molecule has 0 unspecified atom stereocenters. The van der Waals surface area contributed by atoms with Gasteiger partial charge in [0.25, 0.3) is 0 Å². The Morgan fingerprint density at radius 2 is 0.875 bits per heavy atom. The van der Waals surface area contributed by atoms with Crippen LogP contribution in [-0.4, -0.2) is 9.97 Å². The van der Waals surface area contributed by atoms with Gasteiger partial charge in [0.15, 0.2) is 0 Å². The molecule has 0 aliphatic heterocycles. The van der Waals surface area contributed by atoms with E-state index in [1.165, 1.54) is 55.3 Å². The van der Waals surface area contributed by atoms with Crippen molar-refractivity contribution in [1.29, 1.82) is 0 Å². The van der Waals surface area contributed by atoms with Gasteiger partial charge in [-0.3, -0.25) is 0 Å². The lowest BCUT2D eigenvalue weighted by Crippen LogP contribution is -2.12. The van der Waals surface area contributed by atoms with Gasteiger partial charge in [0.2, 0.25) is 0 Å². The van der Waals surface area contributed by atoms with Gasteiger partial charge in [-0.05, 0) is 72.2 Å². The zero-order valence-corrected chi connectivity index (χ0v) is 22.9. The Bertz CT molecular complexity index is 1800. The van der Waals surface area contributed by atoms with Crippen LogP contribution in [0, 0.1) is 13.8 Å². The number of hydrogen-bond acceptors (Lipinski definition) is 2. The first-order chi connectivity index (χ1) is 19.6. The summed E-state index contributed by atoms with van der Waals surface area (Å²) in [5.74, 6) is 0. The van der Waals surface area contributed by atoms with Gasteiger partial charge in [-0.15, -0.1) is 0 Å². The van der Waals surface area contributed by atoms with Crippen LogP contribution in [0.3, 0.4) is 0 Å². The maximum Gasteiger partial charge on any atom is 0.0935 e. The van der Waals surface area contributed by atoms with Gasteiger partial charge in [-0.2, -0.15) is 0 Å². The number of para-hydroxylation sites is 2. The first-order valence-electron chi connectivity index (χ1n) is 14.0. The normalized spacial score (nSPS) is 12.8. The average molecular weight is 515 g/mol. The number of benzene rings is 4. The molecule has 40 heavy (non-hydrogen) atoms. The molecule has 1 aliphatic carbocycles. The Hall–Kier alpha value is -4.82. The molecule has 1 aliphatic rings. The molecule has 2 heteroatoms. The van der Waals surface area contributed by atoms with Crippen LogP contribution in [0.4, 0.5) is 0 Å². The van der Waals surface area contributed by atoms with Gasteiger partial charge >= 0.3 is 0 Å². The van der Waals surface area contributed by atoms with Crippen molar-refractivity contribution in [2.75, 3.05) is 0 Å². The molecule has 0 atom stereocenters. The summed E-state index contributed by atoms with van der Waals surface area (Å²) in [6, 6.07) is 34.3. The van der Waals surface area contributed by atoms with Crippen molar-refractivity contribution in [3.05, 3.63) is 142 Å². The maximum absolute atomic E-state index is 5.24. The molecule has 2 nitrogen and oxygen atoms in total. The van der Waals surface area contributed by atoms with Crippen molar-refractivity contribution in [3.63, 3.8) is 0 Å². The highest BCUT2D eigenvalue weighted by Gasteiger charge is 2.25. The fraction of sp³-hybridized carbons (Fsp3) is 0.105. The van der Waals surface area contributed by atoms with Crippen LogP contribution in [0.5, 0.6) is 0 Å². The SMILES string of the molecule is Cc1ccc(C=Cc2c3c(nc4ccccc24)-c2nc4ccccc4c(C=Cc4ccc(C)cc4)c2CC3)cc1. The Kier molecular flexibility index (Phi) is 6.09. The molecule has 2 aromatic heterocycles. The smallest absolute Gasteiger partial charge is 0.0935 e. The van der Waals surface area contributed by atoms with E-state index in [-0.39, 0.29) is 0 Å². The summed E-state index contributed by atoms with van der Waals surface area (Å²) in [7, 11) is 0. The van der Waals surface area contributed by atoms with E-state index in [0.717, 1.165) is 35.3 Å². The van der Waals surface area contributed by atoms with Gasteiger partial charge in [0, 0.05) is 10.8 Å². The van der Waals surface area contributed by atoms with E-state index in [1.54, 1.807) is 0 Å². The van der Waals surface area contributed by atoms with E-state index in [0.29, 0.717) is 0 Å². The number of aryl methyl sites for hydroxylation is 2. The molecule has 6 aromatic rings. The lowest BCUT2D eigenvalue weighted by Gasteiger charge is -2.24. The molecule has 0 bridgehead atoms. The predicted octanol–water partition coefficient (Wildman–Crippen LogP) is 9.51. The third kappa shape index (κ3) is 4.42. The number of pyridine rings is 2. The summed E-state index contributed by atoms with van der Waals surface area (Å²) in [6.45, 7) is 4.25. The van der Waals surface area contributed by atoms with E-state index in [2.05, 4.69) is 135 Å². The second kappa shape index (κ2) is 10.1. The maximum atomic E-state index is 5.24. The minimum absolute atomic E-state index is 0.930. The summed E-state index contributed by atoms with van der Waals surface area (Å²) >= 11 is 0. The van der Waals surface area contributed by atoms with Crippen molar-refractivity contribution in [2.45, 2.75) is 26.7 Å². The fourth-order valence-corrected chi connectivity index (χ4v) is 5.80. The lowest BCUT2D eigenvalue weighted by atomic mass is 9.84. The average Bonchev–Trinajstić information content (AvgIpc) is 2.99. The van der Waals surface area contributed by atoms with Crippen LogP contribution >= 0.6 is 0 Å². The molecule has 0 spiro atoms. The van der Waals surface area contributed by atoms with E-state index in [9.17, 15) is 0 Å². The summed E-state index contributed by atoms with van der Waals surface area (Å²) in [4.78, 5) is 10.5. The topological polar surface area (TPSA) is 25.8 Å². The fourth-order valence-electron chi connectivity index (χ4n) is 5.80. The standard InChI is InChI=1S/C38H30N2/c1-25-11-15-27(16-12-25)19-21-29-31-7-3-5-9-35(31)39-37-33(29)23-24-34-30(22-20-28-17-13-26(2)14-18-28)32-8-4-6-10-36(32)40-38(34)37/h3-22H,23-24H2,1-2H3. The van der Waals surface area contributed by atoms with Crippen molar-refractivity contribution in [1.82, 2.24) is 9.97 Å². The van der Waals surface area contributed by atoms with Crippen LogP contribution in [0.25, 0.3) is 57.5 Å². The predicted molar refractivity (Wildman–Crippen MR) is 170 cm³/mol. The Morgan fingerprint density at radius 3 is 1.30 bits per heavy atom. The van der Waals surface area contributed by atoms with Crippen LogP contribution in [0.2, 0.25) is 0 Å². The van der Waals surface area contributed by atoms with Crippen molar-refractivity contribution < 1.29 is 0 Å². The van der Waals surface area contributed by atoms with Crippen molar-refractivity contribution in [3.8, 4) is 11.4 Å². The van der Waals surface area contributed by atoms with Crippen LogP contribution in [0.1, 0.15) is 44.5 Å². The zero-order chi connectivity index (χ0) is 27.1. The van der Waals surface area contributed by atoms with Crippen molar-refractivity contribution >= 4 is 46.1 Å². The molecule has 0 saturated carbocycles. The Balaban J connectivity index is 1.43. The van der Waals surface area contributed by atoms with Gasteiger partial charge in [-0.25, -0.2) is 9.97 Å². The molecular formula is C38H30N2. The number of nitrogens with zero attached hydrogens (tertiary/aromatic N) is 2. The Morgan fingerprint density at radius 1 is 0.475 bits per heavy atom. The van der Waals surface area contributed by atoms with Crippen LogP contribution in [0.15, 0.2) is 97.1 Å². The monoisotopic (exact) mass is 514 g/mol. The first kappa shape index (κ1) is 24.2. The third-order valence-electron chi connectivity index (χ3n) is 7.96. The largest absolute Gasteiger partial charge is 0.246 e. The summed E-state index contributed by atoms with van der Waals surface area (Å²) in [6.07, 6.45) is 10.9. The number of hydrogen-bond donors (Lipinski definition) is 0. The summed E-state index contributed by atoms with van der Waals surface area (Å²) in [5.41, 5.74) is 14.0. The van der Waals surface area contributed by atoms with Gasteiger partial charge in [0.05, 0.1) is 22.4 Å². The molecule has 4 aromatic carbocycles. The van der Waals surface area contributed by atoms with Crippen LogP contribution < -0.4 is 0 Å². The van der Waals surface area contributed by atoms with Gasteiger partial charge < -0.3 is 0 Å². The molecule has 192 valence electrons. The number of aromatic nitrogens is 2. The van der Waals surface area contributed by atoms with Crippen molar-refractivity contribution in [2.24, 2.45) is 0 Å². The van der Waals surface area contributed by atoms with E-state index in [1.807, 2.05) is 0 Å². The molecule has 0 saturated heterocycles. The molecular weight excluding hydrogens is 484 g/mol. The van der Waals surface area contributed by atoms with E-state index >= 15 is 0 Å². The second-order valence-corrected chi connectivity index (χ2v) is 10.7. The summed E-state index contributed by atoms with van der Waals surface area (Å²) in [5, 5.41) is 2.38. The molecule has 0 radical (unpaired) electrons. The highest BCUT2D eigenvalue weighted by molar-refractivity contribution is 5.99. The third-order valence-corrected chi connectivity index (χ3v) is 7.96. The molecule has 0 N–H and O–H groups in total. The van der Waals surface area contributed by atoms with E-state index < -0.39 is 0 Å². The molecule has 0 amide bonds. The number of fused-ring (bicyclic) bond motifs is 5. The Labute approximate surface area is 235 Å². The highest BCUT2D eigenvalue weighted by atomic mass is 14.8. The zero-order valence-electron chi connectivity index (χ0n) is 22.9. The number of rotatable bonds is 4.